The summed E-state index contributed by atoms with van der Waals surface area (Å²) in [5.41, 5.74) is 1.15. The lowest BCUT2D eigenvalue weighted by Gasteiger charge is -2.11. The molecule has 0 saturated carbocycles. The van der Waals surface area contributed by atoms with E-state index in [2.05, 4.69) is 4.72 Å². The van der Waals surface area contributed by atoms with Gasteiger partial charge < -0.3 is 0 Å². The first-order valence-electron chi connectivity index (χ1n) is 5.58. The van der Waals surface area contributed by atoms with Crippen LogP contribution >= 0.6 is 0 Å². The first-order valence-corrected chi connectivity index (χ1v) is 7.13. The predicted octanol–water partition coefficient (Wildman–Crippen LogP) is 1.95. The minimum atomic E-state index is -3.13. The number of nitrogens with one attached hydrogen (secondary N) is 1. The lowest BCUT2D eigenvalue weighted by atomic mass is 10.2. The van der Waals surface area contributed by atoms with Crippen molar-refractivity contribution < 1.29 is 8.42 Å². The topological polar surface area (TPSA) is 46.2 Å². The standard InChI is InChI=1S/C12H19NO2S/c1-3-11(2)16(14,15)13-10-9-12-7-5-4-6-8-12/h4-8,11,13H,3,9-10H2,1-2H3. The van der Waals surface area contributed by atoms with Crippen LogP contribution in [0.3, 0.4) is 0 Å². The van der Waals surface area contributed by atoms with Crippen molar-refractivity contribution >= 4 is 10.0 Å². The minimum absolute atomic E-state index is 0.316. The van der Waals surface area contributed by atoms with Crippen LogP contribution in [0.2, 0.25) is 0 Å². The lowest BCUT2D eigenvalue weighted by molar-refractivity contribution is 0.566. The summed E-state index contributed by atoms with van der Waals surface area (Å²) in [5.74, 6) is 0. The molecule has 0 amide bonds. The molecule has 16 heavy (non-hydrogen) atoms. The molecule has 1 rings (SSSR count). The molecule has 0 saturated heterocycles. The minimum Gasteiger partial charge on any atom is -0.215 e. The molecule has 0 aromatic heterocycles. The Labute approximate surface area is 97.9 Å². The molecule has 0 radical (unpaired) electrons. The van der Waals surface area contributed by atoms with E-state index in [0.717, 1.165) is 12.0 Å². The quantitative estimate of drug-likeness (QED) is 0.827. The van der Waals surface area contributed by atoms with Gasteiger partial charge in [0.15, 0.2) is 0 Å². The second-order valence-electron chi connectivity index (χ2n) is 3.89. The number of hydrogen-bond acceptors (Lipinski definition) is 2. The predicted molar refractivity (Wildman–Crippen MR) is 66.8 cm³/mol. The molecule has 0 aliphatic heterocycles. The highest BCUT2D eigenvalue weighted by Gasteiger charge is 2.17. The fraction of sp³-hybridized carbons (Fsp3) is 0.500. The molecule has 1 aromatic carbocycles. The Morgan fingerprint density at radius 1 is 1.25 bits per heavy atom. The molecule has 90 valence electrons. The maximum absolute atomic E-state index is 11.6. The van der Waals surface area contributed by atoms with Crippen molar-refractivity contribution in [2.24, 2.45) is 0 Å². The van der Waals surface area contributed by atoms with Gasteiger partial charge in [0.2, 0.25) is 10.0 Å². The van der Waals surface area contributed by atoms with E-state index in [-0.39, 0.29) is 5.25 Å². The van der Waals surface area contributed by atoms with Gasteiger partial charge in [-0.2, -0.15) is 0 Å². The zero-order valence-electron chi connectivity index (χ0n) is 9.81. The summed E-state index contributed by atoms with van der Waals surface area (Å²) in [4.78, 5) is 0. The van der Waals surface area contributed by atoms with Crippen molar-refractivity contribution in [2.75, 3.05) is 6.54 Å². The summed E-state index contributed by atoms with van der Waals surface area (Å²) < 4.78 is 25.9. The van der Waals surface area contributed by atoms with Gasteiger partial charge in [-0.25, -0.2) is 13.1 Å². The van der Waals surface area contributed by atoms with Crippen molar-refractivity contribution in [1.82, 2.24) is 4.72 Å². The van der Waals surface area contributed by atoms with E-state index in [1.165, 1.54) is 0 Å². The van der Waals surface area contributed by atoms with Gasteiger partial charge >= 0.3 is 0 Å². The van der Waals surface area contributed by atoms with E-state index < -0.39 is 10.0 Å². The third kappa shape index (κ3) is 3.94. The van der Waals surface area contributed by atoms with Crippen LogP contribution in [0.25, 0.3) is 0 Å². The molecule has 1 atom stereocenters. The number of sulfonamides is 1. The lowest BCUT2D eigenvalue weighted by Crippen LogP contribution is -2.33. The highest BCUT2D eigenvalue weighted by molar-refractivity contribution is 7.90. The Balaban J connectivity index is 2.42. The summed E-state index contributed by atoms with van der Waals surface area (Å²) in [6.45, 7) is 4.07. The maximum Gasteiger partial charge on any atom is 0.214 e. The van der Waals surface area contributed by atoms with Crippen LogP contribution in [0.1, 0.15) is 25.8 Å². The summed E-state index contributed by atoms with van der Waals surface area (Å²) >= 11 is 0. The highest BCUT2D eigenvalue weighted by atomic mass is 32.2. The summed E-state index contributed by atoms with van der Waals surface area (Å²) in [5, 5.41) is -0.316. The third-order valence-corrected chi connectivity index (χ3v) is 4.66. The van der Waals surface area contributed by atoms with E-state index in [1.807, 2.05) is 37.3 Å². The van der Waals surface area contributed by atoms with Gasteiger partial charge in [0.1, 0.15) is 0 Å². The van der Waals surface area contributed by atoms with Crippen LogP contribution in [-0.2, 0) is 16.4 Å². The molecule has 1 unspecified atom stereocenters. The van der Waals surface area contributed by atoms with Crippen molar-refractivity contribution in [3.63, 3.8) is 0 Å². The van der Waals surface area contributed by atoms with E-state index in [0.29, 0.717) is 13.0 Å². The molecule has 0 heterocycles. The second kappa shape index (κ2) is 6.01. The van der Waals surface area contributed by atoms with E-state index >= 15 is 0 Å². The smallest absolute Gasteiger partial charge is 0.214 e. The van der Waals surface area contributed by atoms with Crippen LogP contribution < -0.4 is 4.72 Å². The number of rotatable bonds is 6. The van der Waals surface area contributed by atoms with Crippen molar-refractivity contribution in [1.29, 1.82) is 0 Å². The first-order chi connectivity index (χ1) is 7.56. The summed E-state index contributed by atoms with van der Waals surface area (Å²) in [6, 6.07) is 9.86. The van der Waals surface area contributed by atoms with Crippen LogP contribution in [-0.4, -0.2) is 20.2 Å². The molecule has 0 aliphatic carbocycles. The van der Waals surface area contributed by atoms with Gasteiger partial charge in [0, 0.05) is 6.54 Å². The molecule has 4 heteroatoms. The van der Waals surface area contributed by atoms with E-state index in [4.69, 9.17) is 0 Å². The fourth-order valence-corrected chi connectivity index (χ4v) is 2.45. The van der Waals surface area contributed by atoms with Crippen LogP contribution in [0.4, 0.5) is 0 Å². The summed E-state index contributed by atoms with van der Waals surface area (Å²) in [6.07, 6.45) is 1.37. The Kier molecular flexibility index (Phi) is 4.96. The van der Waals surface area contributed by atoms with Crippen LogP contribution in [0.5, 0.6) is 0 Å². The molecule has 0 fully saturated rings. The molecular formula is C12H19NO2S. The molecule has 3 nitrogen and oxygen atoms in total. The maximum atomic E-state index is 11.6. The van der Waals surface area contributed by atoms with Crippen LogP contribution in [0, 0.1) is 0 Å². The first kappa shape index (κ1) is 13.2. The van der Waals surface area contributed by atoms with Crippen molar-refractivity contribution in [2.45, 2.75) is 31.9 Å². The van der Waals surface area contributed by atoms with Gasteiger partial charge in [0.25, 0.3) is 0 Å². The Morgan fingerprint density at radius 3 is 2.44 bits per heavy atom. The normalized spacial score (nSPS) is 13.6. The summed E-state index contributed by atoms with van der Waals surface area (Å²) in [7, 11) is -3.13. The molecular weight excluding hydrogens is 222 g/mol. The molecule has 1 N–H and O–H groups in total. The fourth-order valence-electron chi connectivity index (χ4n) is 1.34. The average Bonchev–Trinajstić information content (AvgIpc) is 2.29. The Hall–Kier alpha value is -0.870. The van der Waals surface area contributed by atoms with E-state index in [1.54, 1.807) is 6.92 Å². The van der Waals surface area contributed by atoms with Gasteiger partial charge in [-0.1, -0.05) is 37.3 Å². The molecule has 0 aliphatic rings. The second-order valence-corrected chi connectivity index (χ2v) is 6.08. The van der Waals surface area contributed by atoms with Gasteiger partial charge in [0.05, 0.1) is 5.25 Å². The molecule has 1 aromatic rings. The van der Waals surface area contributed by atoms with E-state index in [9.17, 15) is 8.42 Å². The highest BCUT2D eigenvalue weighted by Crippen LogP contribution is 2.03. The van der Waals surface area contributed by atoms with Gasteiger partial charge in [-0.15, -0.1) is 0 Å². The number of hydrogen-bond donors (Lipinski definition) is 1. The van der Waals surface area contributed by atoms with Crippen molar-refractivity contribution in [3.8, 4) is 0 Å². The average molecular weight is 241 g/mol. The van der Waals surface area contributed by atoms with Gasteiger partial charge in [-0.3, -0.25) is 0 Å². The molecule has 0 bridgehead atoms. The SMILES string of the molecule is CCC(C)S(=O)(=O)NCCc1ccccc1. The third-order valence-electron chi connectivity index (χ3n) is 2.66. The van der Waals surface area contributed by atoms with Gasteiger partial charge in [-0.05, 0) is 25.3 Å². The Morgan fingerprint density at radius 2 is 1.88 bits per heavy atom. The Bertz CT molecular complexity index is 400. The monoisotopic (exact) mass is 241 g/mol. The number of benzene rings is 1. The van der Waals surface area contributed by atoms with Crippen LogP contribution in [0.15, 0.2) is 30.3 Å². The zero-order valence-corrected chi connectivity index (χ0v) is 10.6. The molecule has 0 spiro atoms. The zero-order chi connectivity index (χ0) is 12.0. The largest absolute Gasteiger partial charge is 0.215 e. The van der Waals surface area contributed by atoms with Crippen molar-refractivity contribution in [3.05, 3.63) is 35.9 Å².